The number of nitrogens with one attached hydrogen (secondary N) is 1. The molecule has 4 N–H and O–H groups in total. The maximum atomic E-state index is 11.6. The van der Waals surface area contributed by atoms with Crippen LogP contribution in [0.3, 0.4) is 0 Å². The number of aromatic hydroxyl groups is 1. The van der Waals surface area contributed by atoms with Gasteiger partial charge in [0, 0.05) is 18.0 Å². The van der Waals surface area contributed by atoms with Crippen LogP contribution in [0.25, 0.3) is 0 Å². The van der Waals surface area contributed by atoms with Crippen molar-refractivity contribution in [1.29, 1.82) is 0 Å². The Kier molecular flexibility index (Phi) is 4.94. The van der Waals surface area contributed by atoms with E-state index in [1.807, 2.05) is 0 Å². The highest BCUT2D eigenvalue weighted by atomic mass is 35.5. The van der Waals surface area contributed by atoms with E-state index in [4.69, 9.17) is 21.8 Å². The number of halogens is 1. The molecule has 1 rings (SSSR count). The Bertz CT molecular complexity index is 463. The van der Waals surface area contributed by atoms with E-state index in [0.717, 1.165) is 0 Å². The molecule has 1 amide bonds. The van der Waals surface area contributed by atoms with Gasteiger partial charge in [-0.2, -0.15) is 0 Å². The van der Waals surface area contributed by atoms with Crippen LogP contribution in [0.1, 0.15) is 16.8 Å². The Balaban J connectivity index is 2.53. The number of carbonyl (C=O) groups excluding carboxylic acids is 1. The molecule has 1 aromatic carbocycles. The second-order valence-electron chi connectivity index (χ2n) is 3.56. The number of aliphatic hydroxyl groups excluding tert-OH is 1. The van der Waals surface area contributed by atoms with Crippen LogP contribution in [0.5, 0.6) is 5.75 Å². The lowest BCUT2D eigenvalue weighted by Gasteiger charge is -2.08. The molecule has 0 aliphatic heterocycles. The van der Waals surface area contributed by atoms with Gasteiger partial charge in [0.15, 0.2) is 6.10 Å². The van der Waals surface area contributed by atoms with Gasteiger partial charge >= 0.3 is 5.97 Å². The summed E-state index contributed by atoms with van der Waals surface area (Å²) in [7, 11) is 0. The number of aliphatic hydroxyl groups is 1. The quantitative estimate of drug-likeness (QED) is 0.629. The zero-order valence-corrected chi connectivity index (χ0v) is 10.0. The first kappa shape index (κ1) is 14.3. The Hall–Kier alpha value is -1.79. The van der Waals surface area contributed by atoms with E-state index in [1.54, 1.807) is 0 Å². The third-order valence-corrected chi connectivity index (χ3v) is 2.43. The van der Waals surface area contributed by atoms with E-state index in [9.17, 15) is 14.7 Å². The van der Waals surface area contributed by atoms with Crippen molar-refractivity contribution in [3.63, 3.8) is 0 Å². The number of carboxylic acids is 1. The number of amides is 1. The van der Waals surface area contributed by atoms with E-state index in [1.165, 1.54) is 18.2 Å². The molecule has 0 saturated carbocycles. The molecule has 0 radical (unpaired) electrons. The Labute approximate surface area is 108 Å². The fourth-order valence-corrected chi connectivity index (χ4v) is 1.40. The van der Waals surface area contributed by atoms with Crippen molar-refractivity contribution in [2.75, 3.05) is 6.54 Å². The van der Waals surface area contributed by atoms with Gasteiger partial charge in [0.25, 0.3) is 5.91 Å². The number of aliphatic carboxylic acids is 1. The predicted molar refractivity (Wildman–Crippen MR) is 63.7 cm³/mol. The first-order chi connectivity index (χ1) is 8.41. The normalized spacial score (nSPS) is 11.9. The number of benzene rings is 1. The van der Waals surface area contributed by atoms with Crippen LogP contribution in [0.2, 0.25) is 5.02 Å². The smallest absolute Gasteiger partial charge is 0.332 e. The van der Waals surface area contributed by atoms with Crippen LogP contribution in [0.4, 0.5) is 0 Å². The van der Waals surface area contributed by atoms with Crippen LogP contribution in [-0.4, -0.2) is 39.8 Å². The van der Waals surface area contributed by atoms with Gasteiger partial charge in [-0.1, -0.05) is 11.6 Å². The average molecular weight is 274 g/mol. The highest BCUT2D eigenvalue weighted by molar-refractivity contribution is 6.30. The summed E-state index contributed by atoms with van der Waals surface area (Å²) >= 11 is 5.61. The predicted octanol–water partition coefficient (Wildman–Crippen LogP) is 0.611. The van der Waals surface area contributed by atoms with E-state index < -0.39 is 18.0 Å². The second-order valence-corrected chi connectivity index (χ2v) is 4.00. The molecule has 0 aromatic heterocycles. The summed E-state index contributed by atoms with van der Waals surface area (Å²) in [6.45, 7) is -0.0195. The van der Waals surface area contributed by atoms with Gasteiger partial charge in [0.1, 0.15) is 5.75 Å². The van der Waals surface area contributed by atoms with E-state index in [-0.39, 0.29) is 24.3 Å². The molecule has 0 aliphatic rings. The summed E-state index contributed by atoms with van der Waals surface area (Å²) in [6.07, 6.45) is -1.64. The molecule has 7 heteroatoms. The summed E-state index contributed by atoms with van der Waals surface area (Å²) in [6, 6.07) is 4.02. The zero-order valence-electron chi connectivity index (χ0n) is 9.26. The average Bonchev–Trinajstić information content (AvgIpc) is 2.28. The molecule has 0 aliphatic carbocycles. The molecule has 1 unspecified atom stereocenters. The molecule has 1 aromatic rings. The number of phenolic OH excluding ortho intramolecular Hbond substituents is 1. The van der Waals surface area contributed by atoms with E-state index >= 15 is 0 Å². The molecule has 0 bridgehead atoms. The van der Waals surface area contributed by atoms with Crippen LogP contribution in [-0.2, 0) is 4.79 Å². The topological polar surface area (TPSA) is 107 Å². The van der Waals surface area contributed by atoms with Crippen molar-refractivity contribution in [3.8, 4) is 5.75 Å². The van der Waals surface area contributed by atoms with Crippen molar-refractivity contribution < 1.29 is 24.9 Å². The molecule has 0 spiro atoms. The van der Waals surface area contributed by atoms with Gasteiger partial charge in [0.05, 0.1) is 5.56 Å². The SMILES string of the molecule is O=C(NCCC(O)C(=O)O)c1ccc(Cl)cc1O. The Morgan fingerprint density at radius 2 is 2.06 bits per heavy atom. The van der Waals surface area contributed by atoms with Gasteiger partial charge in [-0.3, -0.25) is 4.79 Å². The Morgan fingerprint density at radius 1 is 1.39 bits per heavy atom. The molecular weight excluding hydrogens is 262 g/mol. The lowest BCUT2D eigenvalue weighted by Crippen LogP contribution is -2.30. The minimum atomic E-state index is -1.52. The van der Waals surface area contributed by atoms with Gasteiger partial charge in [-0.05, 0) is 18.2 Å². The number of rotatable bonds is 5. The van der Waals surface area contributed by atoms with Crippen LogP contribution >= 0.6 is 11.6 Å². The highest BCUT2D eigenvalue weighted by Crippen LogP contribution is 2.21. The Morgan fingerprint density at radius 3 is 2.61 bits per heavy atom. The molecule has 0 fully saturated rings. The van der Waals surface area contributed by atoms with Crippen molar-refractivity contribution >= 4 is 23.5 Å². The van der Waals surface area contributed by atoms with Crippen LogP contribution in [0.15, 0.2) is 18.2 Å². The molecular formula is C11H12ClNO5. The van der Waals surface area contributed by atoms with Gasteiger partial charge in [-0.25, -0.2) is 4.79 Å². The molecule has 0 saturated heterocycles. The standard InChI is InChI=1S/C11H12ClNO5/c12-6-1-2-7(9(15)5-6)10(16)13-4-3-8(14)11(17)18/h1-2,5,8,14-15H,3-4H2,(H,13,16)(H,17,18). The minimum Gasteiger partial charge on any atom is -0.507 e. The largest absolute Gasteiger partial charge is 0.507 e. The lowest BCUT2D eigenvalue weighted by atomic mass is 10.2. The maximum absolute atomic E-state index is 11.6. The highest BCUT2D eigenvalue weighted by Gasteiger charge is 2.15. The summed E-state index contributed by atoms with van der Waals surface area (Å²) in [5.74, 6) is -2.18. The van der Waals surface area contributed by atoms with E-state index in [0.29, 0.717) is 5.02 Å². The van der Waals surface area contributed by atoms with Crippen molar-refractivity contribution in [2.45, 2.75) is 12.5 Å². The van der Waals surface area contributed by atoms with Gasteiger partial charge in [-0.15, -0.1) is 0 Å². The van der Waals surface area contributed by atoms with E-state index in [2.05, 4.69) is 5.32 Å². The first-order valence-electron chi connectivity index (χ1n) is 5.09. The molecule has 0 heterocycles. The summed E-state index contributed by atoms with van der Waals surface area (Å²) in [5, 5.41) is 29.6. The van der Waals surface area contributed by atoms with Gasteiger partial charge < -0.3 is 20.6 Å². The van der Waals surface area contributed by atoms with Crippen LogP contribution < -0.4 is 5.32 Å². The van der Waals surface area contributed by atoms with Crippen molar-refractivity contribution in [3.05, 3.63) is 28.8 Å². The minimum absolute atomic E-state index is 0.0195. The fraction of sp³-hybridized carbons (Fsp3) is 0.273. The van der Waals surface area contributed by atoms with Crippen LogP contribution in [0, 0.1) is 0 Å². The molecule has 18 heavy (non-hydrogen) atoms. The number of hydrogen-bond donors (Lipinski definition) is 4. The van der Waals surface area contributed by atoms with Crippen molar-refractivity contribution in [2.24, 2.45) is 0 Å². The molecule has 1 atom stereocenters. The number of phenols is 1. The third kappa shape index (κ3) is 3.90. The summed E-state index contributed by atoms with van der Waals surface area (Å²) < 4.78 is 0. The lowest BCUT2D eigenvalue weighted by molar-refractivity contribution is -0.146. The van der Waals surface area contributed by atoms with Gasteiger partial charge in [0.2, 0.25) is 0 Å². The molecule has 6 nitrogen and oxygen atoms in total. The third-order valence-electron chi connectivity index (χ3n) is 2.19. The van der Waals surface area contributed by atoms with Crippen molar-refractivity contribution in [1.82, 2.24) is 5.32 Å². The number of carboxylic acid groups (broad SMARTS) is 1. The number of carbonyl (C=O) groups is 2. The number of hydrogen-bond acceptors (Lipinski definition) is 4. The molecule has 98 valence electrons. The fourth-order valence-electron chi connectivity index (χ4n) is 1.24. The maximum Gasteiger partial charge on any atom is 0.332 e. The summed E-state index contributed by atoms with van der Waals surface area (Å²) in [5.41, 5.74) is 0.0317. The second kappa shape index (κ2) is 6.23. The first-order valence-corrected chi connectivity index (χ1v) is 5.47. The monoisotopic (exact) mass is 273 g/mol. The summed E-state index contributed by atoms with van der Waals surface area (Å²) in [4.78, 5) is 21.9. The zero-order chi connectivity index (χ0) is 13.7.